The molecule has 3 atom stereocenters. The maximum Gasteiger partial charge on any atom is 0.274 e. The van der Waals surface area contributed by atoms with Crippen LogP contribution < -0.4 is 0 Å². The fraction of sp³-hybridized carbons (Fsp3) is 0.706. The van der Waals surface area contributed by atoms with Crippen LogP contribution in [0.2, 0.25) is 0 Å². The van der Waals surface area contributed by atoms with E-state index in [1.165, 1.54) is 19.3 Å². The van der Waals surface area contributed by atoms with Crippen molar-refractivity contribution in [1.82, 2.24) is 19.8 Å². The molecular formula is C17H26N4O. The number of likely N-dealkylation sites (tertiary alicyclic amines) is 2. The summed E-state index contributed by atoms with van der Waals surface area (Å²) in [6.45, 7) is 8.17. The predicted octanol–water partition coefficient (Wildman–Crippen LogP) is 2.26. The fourth-order valence-electron chi connectivity index (χ4n) is 3.98. The van der Waals surface area contributed by atoms with Gasteiger partial charge in [0.25, 0.3) is 5.91 Å². The lowest BCUT2D eigenvalue weighted by Crippen LogP contribution is -2.52. The molecule has 22 heavy (non-hydrogen) atoms. The van der Waals surface area contributed by atoms with E-state index >= 15 is 0 Å². The molecule has 0 aromatic carbocycles. The van der Waals surface area contributed by atoms with Crippen LogP contribution in [0.3, 0.4) is 0 Å². The van der Waals surface area contributed by atoms with E-state index in [0.717, 1.165) is 25.2 Å². The van der Waals surface area contributed by atoms with Gasteiger partial charge in [-0.3, -0.25) is 14.7 Å². The van der Waals surface area contributed by atoms with Crippen LogP contribution >= 0.6 is 0 Å². The Morgan fingerprint density at radius 1 is 1.14 bits per heavy atom. The van der Waals surface area contributed by atoms with Gasteiger partial charge in [-0.15, -0.1) is 0 Å². The van der Waals surface area contributed by atoms with Crippen molar-refractivity contribution in [1.29, 1.82) is 0 Å². The average Bonchev–Trinajstić information content (AvgIpc) is 2.86. The smallest absolute Gasteiger partial charge is 0.274 e. The van der Waals surface area contributed by atoms with Crippen LogP contribution in [-0.2, 0) is 0 Å². The number of amides is 1. The molecule has 1 amide bonds. The maximum absolute atomic E-state index is 12.6. The molecule has 1 aromatic heterocycles. The van der Waals surface area contributed by atoms with Gasteiger partial charge in [-0.2, -0.15) is 0 Å². The summed E-state index contributed by atoms with van der Waals surface area (Å²) in [6.07, 6.45) is 8.08. The monoisotopic (exact) mass is 302 g/mol. The van der Waals surface area contributed by atoms with E-state index in [1.807, 2.05) is 11.8 Å². The Morgan fingerprint density at radius 2 is 1.86 bits per heavy atom. The SMILES string of the molecule is Cc1cnc(C(=O)N2CCC[C@H](N3[C@H](C)CC[C@H]3C)C2)cn1. The van der Waals surface area contributed by atoms with Gasteiger partial charge in [0, 0.05) is 37.4 Å². The zero-order valence-electron chi connectivity index (χ0n) is 13.8. The van der Waals surface area contributed by atoms with E-state index in [9.17, 15) is 4.79 Å². The molecule has 2 aliphatic heterocycles. The molecule has 0 saturated carbocycles. The maximum atomic E-state index is 12.6. The second-order valence-corrected chi connectivity index (χ2v) is 6.81. The molecule has 0 N–H and O–H groups in total. The zero-order chi connectivity index (χ0) is 15.7. The Kier molecular flexibility index (Phi) is 4.43. The molecular weight excluding hydrogens is 276 g/mol. The van der Waals surface area contributed by atoms with Crippen molar-refractivity contribution in [3.8, 4) is 0 Å². The van der Waals surface area contributed by atoms with Crippen LogP contribution in [0.1, 0.15) is 55.7 Å². The number of aromatic nitrogens is 2. The Morgan fingerprint density at radius 3 is 2.50 bits per heavy atom. The molecule has 0 radical (unpaired) electrons. The van der Waals surface area contributed by atoms with Gasteiger partial charge in [-0.25, -0.2) is 4.98 Å². The van der Waals surface area contributed by atoms with Crippen LogP contribution in [0.4, 0.5) is 0 Å². The van der Waals surface area contributed by atoms with E-state index < -0.39 is 0 Å². The summed E-state index contributed by atoms with van der Waals surface area (Å²) in [7, 11) is 0. The molecule has 0 unspecified atom stereocenters. The standard InChI is InChI=1S/C17H26N4O/c1-12-9-19-16(10-18-12)17(22)20-8-4-5-15(11-20)21-13(2)6-7-14(21)3/h9-10,13-15H,4-8,11H2,1-3H3/t13-,14-,15+/m1/s1. The van der Waals surface area contributed by atoms with Gasteiger partial charge in [0.1, 0.15) is 5.69 Å². The third-order valence-corrected chi connectivity index (χ3v) is 5.13. The van der Waals surface area contributed by atoms with Crippen LogP contribution in [0.25, 0.3) is 0 Å². The van der Waals surface area contributed by atoms with E-state index in [4.69, 9.17) is 0 Å². The van der Waals surface area contributed by atoms with Crippen molar-refractivity contribution in [2.24, 2.45) is 0 Å². The number of piperidine rings is 1. The molecule has 2 aliphatic rings. The third kappa shape index (κ3) is 3.00. The molecule has 0 aliphatic carbocycles. The van der Waals surface area contributed by atoms with E-state index in [2.05, 4.69) is 28.7 Å². The molecule has 1 aromatic rings. The first-order chi connectivity index (χ1) is 10.6. The number of aryl methyl sites for hydroxylation is 1. The zero-order valence-corrected chi connectivity index (χ0v) is 13.8. The minimum absolute atomic E-state index is 0.0247. The number of hydrogen-bond donors (Lipinski definition) is 0. The Labute approximate surface area is 132 Å². The average molecular weight is 302 g/mol. The van der Waals surface area contributed by atoms with Crippen LogP contribution in [0.5, 0.6) is 0 Å². The first-order valence-electron chi connectivity index (χ1n) is 8.41. The van der Waals surface area contributed by atoms with Gasteiger partial charge in [0.05, 0.1) is 11.9 Å². The first kappa shape index (κ1) is 15.4. The number of rotatable bonds is 2. The van der Waals surface area contributed by atoms with Gasteiger partial charge in [0.15, 0.2) is 0 Å². The Bertz CT molecular complexity index is 520. The number of carbonyl (C=O) groups is 1. The highest BCUT2D eigenvalue weighted by Gasteiger charge is 2.36. The van der Waals surface area contributed by atoms with Gasteiger partial charge < -0.3 is 4.90 Å². The van der Waals surface area contributed by atoms with E-state index in [1.54, 1.807) is 12.4 Å². The van der Waals surface area contributed by atoms with Crippen molar-refractivity contribution in [3.63, 3.8) is 0 Å². The third-order valence-electron chi connectivity index (χ3n) is 5.13. The molecule has 2 saturated heterocycles. The van der Waals surface area contributed by atoms with E-state index in [-0.39, 0.29) is 5.91 Å². The molecule has 0 bridgehead atoms. The second kappa shape index (κ2) is 6.32. The normalized spacial score (nSPS) is 29.8. The lowest BCUT2D eigenvalue weighted by Gasteiger charge is -2.41. The summed E-state index contributed by atoms with van der Waals surface area (Å²) >= 11 is 0. The molecule has 5 nitrogen and oxygen atoms in total. The second-order valence-electron chi connectivity index (χ2n) is 6.81. The molecule has 0 spiro atoms. The summed E-state index contributed by atoms with van der Waals surface area (Å²) < 4.78 is 0. The largest absolute Gasteiger partial charge is 0.336 e. The first-order valence-corrected chi connectivity index (χ1v) is 8.41. The summed E-state index contributed by atoms with van der Waals surface area (Å²) in [4.78, 5) is 25.7. The van der Waals surface area contributed by atoms with Gasteiger partial charge >= 0.3 is 0 Å². The minimum atomic E-state index is 0.0247. The number of carbonyl (C=O) groups excluding carboxylic acids is 1. The lowest BCUT2D eigenvalue weighted by atomic mass is 10.0. The van der Waals surface area contributed by atoms with Crippen molar-refractivity contribution in [3.05, 3.63) is 23.8 Å². The van der Waals surface area contributed by atoms with Crippen LogP contribution in [0.15, 0.2) is 12.4 Å². The number of nitrogens with zero attached hydrogens (tertiary/aromatic N) is 4. The van der Waals surface area contributed by atoms with Crippen molar-refractivity contribution < 1.29 is 4.79 Å². The molecule has 2 fully saturated rings. The quantitative estimate of drug-likeness (QED) is 0.841. The minimum Gasteiger partial charge on any atom is -0.336 e. The highest BCUT2D eigenvalue weighted by molar-refractivity contribution is 5.92. The summed E-state index contributed by atoms with van der Waals surface area (Å²) in [6, 6.07) is 1.76. The summed E-state index contributed by atoms with van der Waals surface area (Å²) in [5, 5.41) is 0. The van der Waals surface area contributed by atoms with Crippen molar-refractivity contribution >= 4 is 5.91 Å². The van der Waals surface area contributed by atoms with E-state index in [0.29, 0.717) is 23.8 Å². The lowest BCUT2D eigenvalue weighted by molar-refractivity contribution is 0.0482. The molecule has 3 heterocycles. The fourth-order valence-corrected chi connectivity index (χ4v) is 3.98. The molecule has 5 heteroatoms. The summed E-state index contributed by atoms with van der Waals surface area (Å²) in [5.74, 6) is 0.0247. The van der Waals surface area contributed by atoms with Crippen molar-refractivity contribution in [2.75, 3.05) is 13.1 Å². The predicted molar refractivity (Wildman–Crippen MR) is 85.7 cm³/mol. The highest BCUT2D eigenvalue weighted by Crippen LogP contribution is 2.30. The van der Waals surface area contributed by atoms with Crippen LogP contribution in [0, 0.1) is 6.92 Å². The molecule has 120 valence electrons. The molecule has 3 rings (SSSR count). The Hall–Kier alpha value is -1.49. The van der Waals surface area contributed by atoms with Gasteiger partial charge in [-0.1, -0.05) is 0 Å². The van der Waals surface area contributed by atoms with Crippen molar-refractivity contribution in [2.45, 2.75) is 64.6 Å². The van der Waals surface area contributed by atoms with Crippen LogP contribution in [-0.4, -0.2) is 56.9 Å². The topological polar surface area (TPSA) is 49.3 Å². The number of hydrogen-bond acceptors (Lipinski definition) is 4. The summed E-state index contributed by atoms with van der Waals surface area (Å²) in [5.41, 5.74) is 1.31. The Balaban J connectivity index is 1.70. The van der Waals surface area contributed by atoms with Gasteiger partial charge in [-0.05, 0) is 46.5 Å². The highest BCUT2D eigenvalue weighted by atomic mass is 16.2. The van der Waals surface area contributed by atoms with Gasteiger partial charge in [0.2, 0.25) is 0 Å².